The van der Waals surface area contributed by atoms with Gasteiger partial charge in [0.1, 0.15) is 5.75 Å². The Hall–Kier alpha value is -2.99. The highest BCUT2D eigenvalue weighted by Gasteiger charge is 2.34. The predicted molar refractivity (Wildman–Crippen MR) is 113 cm³/mol. The molecule has 2 aromatic carbocycles. The third-order valence-corrected chi connectivity index (χ3v) is 6.28. The van der Waals surface area contributed by atoms with Gasteiger partial charge in [0.15, 0.2) is 6.61 Å². The summed E-state index contributed by atoms with van der Waals surface area (Å²) in [4.78, 5) is 30.1. The lowest BCUT2D eigenvalue weighted by Gasteiger charge is -2.25. The molecule has 0 unspecified atom stereocenters. The molecule has 0 N–H and O–H groups in total. The summed E-state index contributed by atoms with van der Waals surface area (Å²) >= 11 is 1.61. The molecule has 2 atom stereocenters. The van der Waals surface area contributed by atoms with Gasteiger partial charge in [-0.1, -0.05) is 36.4 Å². The second kappa shape index (κ2) is 8.57. The van der Waals surface area contributed by atoms with E-state index in [1.165, 1.54) is 7.11 Å². The minimum atomic E-state index is -0.359. The van der Waals surface area contributed by atoms with E-state index in [1.54, 1.807) is 35.6 Å². The Balaban J connectivity index is 1.48. The van der Waals surface area contributed by atoms with E-state index < -0.39 is 0 Å². The first-order chi connectivity index (χ1) is 14.2. The molecular weight excluding hydrogens is 386 g/mol. The van der Waals surface area contributed by atoms with Crippen LogP contribution in [-0.4, -0.2) is 30.5 Å². The van der Waals surface area contributed by atoms with Crippen LogP contribution in [0.2, 0.25) is 0 Å². The summed E-state index contributed by atoms with van der Waals surface area (Å²) in [6.45, 7) is -0.300. The van der Waals surface area contributed by atoms with Gasteiger partial charge in [-0.25, -0.2) is 4.98 Å². The number of aromatic nitrogens is 1. The van der Waals surface area contributed by atoms with Crippen LogP contribution in [0.25, 0.3) is 10.2 Å². The third-order valence-electron chi connectivity index (χ3n) is 5.12. The summed E-state index contributed by atoms with van der Waals surface area (Å²) in [5.41, 5.74) is 1.36. The average Bonchev–Trinajstić information content (AvgIpc) is 3.21. The summed E-state index contributed by atoms with van der Waals surface area (Å²) in [7, 11) is 1.51. The van der Waals surface area contributed by atoms with Crippen LogP contribution >= 0.6 is 11.3 Å². The van der Waals surface area contributed by atoms with Crippen LogP contribution in [0.5, 0.6) is 5.75 Å². The first-order valence-corrected chi connectivity index (χ1v) is 10.3. The van der Waals surface area contributed by atoms with Gasteiger partial charge in [-0.05, 0) is 37.1 Å². The Kier molecular flexibility index (Phi) is 5.71. The fraction of sp³-hybridized carbons (Fsp3) is 0.261. The number of benzene rings is 2. The lowest BCUT2D eigenvalue weighted by atomic mass is 9.83. The molecule has 1 aliphatic rings. The number of allylic oxidation sites excluding steroid dienone is 2. The standard InChI is InChI=1S/C23H21NO4S/c1-27-20-12-6-4-10-17(20)19(25)14-28-23(26)16-9-3-2-8-15(16)22-24-18-11-5-7-13-21(18)29-22/h2-7,10-13,15-16H,8-9,14H2,1H3/t15-,16-/m1/s1. The average molecular weight is 407 g/mol. The molecule has 0 saturated heterocycles. The first-order valence-electron chi connectivity index (χ1n) is 9.50. The minimum Gasteiger partial charge on any atom is -0.496 e. The summed E-state index contributed by atoms with van der Waals surface area (Å²) in [6, 6.07) is 14.9. The maximum absolute atomic E-state index is 12.8. The van der Waals surface area contributed by atoms with Gasteiger partial charge in [-0.3, -0.25) is 9.59 Å². The van der Waals surface area contributed by atoms with Crippen molar-refractivity contribution in [2.24, 2.45) is 5.92 Å². The summed E-state index contributed by atoms with van der Waals surface area (Å²) < 4.78 is 11.7. The molecule has 4 rings (SSSR count). The molecule has 0 fully saturated rings. The van der Waals surface area contributed by atoms with E-state index in [-0.39, 0.29) is 30.2 Å². The van der Waals surface area contributed by atoms with E-state index >= 15 is 0 Å². The first kappa shape index (κ1) is 19.3. The number of thiazole rings is 1. The summed E-state index contributed by atoms with van der Waals surface area (Å²) in [5, 5.41) is 0.938. The number of hydrogen-bond donors (Lipinski definition) is 0. The number of hydrogen-bond acceptors (Lipinski definition) is 6. The number of fused-ring (bicyclic) bond motifs is 1. The monoisotopic (exact) mass is 407 g/mol. The third kappa shape index (κ3) is 4.07. The molecule has 148 valence electrons. The van der Waals surface area contributed by atoms with Gasteiger partial charge in [0.25, 0.3) is 0 Å². The molecule has 0 saturated carbocycles. The van der Waals surface area contributed by atoms with Crippen molar-refractivity contribution in [3.8, 4) is 5.75 Å². The molecule has 0 amide bonds. The predicted octanol–water partition coefficient (Wildman–Crippen LogP) is 4.78. The highest BCUT2D eigenvalue weighted by molar-refractivity contribution is 7.18. The van der Waals surface area contributed by atoms with Gasteiger partial charge in [0.2, 0.25) is 5.78 Å². The van der Waals surface area contributed by atoms with Gasteiger partial charge in [0, 0.05) is 5.92 Å². The number of ketones is 1. The molecule has 29 heavy (non-hydrogen) atoms. The number of carbonyl (C=O) groups is 2. The Morgan fingerprint density at radius 3 is 2.66 bits per heavy atom. The number of para-hydroxylation sites is 2. The highest BCUT2D eigenvalue weighted by atomic mass is 32.1. The van der Waals surface area contributed by atoms with Crippen molar-refractivity contribution in [1.82, 2.24) is 4.98 Å². The second-order valence-corrected chi connectivity index (χ2v) is 7.97. The summed E-state index contributed by atoms with van der Waals surface area (Å²) in [5.74, 6) is -0.542. The van der Waals surface area contributed by atoms with Crippen LogP contribution in [0.15, 0.2) is 60.7 Å². The van der Waals surface area contributed by atoms with Gasteiger partial charge in [-0.2, -0.15) is 0 Å². The van der Waals surface area contributed by atoms with E-state index in [0.29, 0.717) is 17.7 Å². The molecule has 0 radical (unpaired) electrons. The zero-order valence-corrected chi connectivity index (χ0v) is 16.9. The van der Waals surface area contributed by atoms with E-state index in [1.807, 2.05) is 30.3 Å². The van der Waals surface area contributed by atoms with Crippen molar-refractivity contribution in [3.63, 3.8) is 0 Å². The Morgan fingerprint density at radius 2 is 1.83 bits per heavy atom. The van der Waals surface area contributed by atoms with Crippen LogP contribution in [0.4, 0.5) is 0 Å². The molecule has 0 spiro atoms. The molecule has 1 aromatic heterocycles. The minimum absolute atomic E-state index is 0.0359. The quantitative estimate of drug-likeness (QED) is 0.334. The SMILES string of the molecule is COc1ccccc1C(=O)COC(=O)[C@@H]1CC=CC[C@H]1c1nc2ccccc2s1. The van der Waals surface area contributed by atoms with Crippen molar-refractivity contribution >= 4 is 33.3 Å². The fourth-order valence-electron chi connectivity index (χ4n) is 3.59. The van der Waals surface area contributed by atoms with Crippen LogP contribution in [0.3, 0.4) is 0 Å². The number of Topliss-reactive ketones (excluding diaryl/α,β-unsaturated/α-hetero) is 1. The van der Waals surface area contributed by atoms with Gasteiger partial charge in [0.05, 0.1) is 33.8 Å². The van der Waals surface area contributed by atoms with Crippen molar-refractivity contribution < 1.29 is 19.1 Å². The van der Waals surface area contributed by atoms with Crippen molar-refractivity contribution in [2.45, 2.75) is 18.8 Å². The molecule has 3 aromatic rings. The molecule has 1 heterocycles. The number of esters is 1. The van der Waals surface area contributed by atoms with Gasteiger partial charge < -0.3 is 9.47 Å². The number of nitrogens with zero attached hydrogens (tertiary/aromatic N) is 1. The van der Waals surface area contributed by atoms with Crippen molar-refractivity contribution in [1.29, 1.82) is 0 Å². The highest BCUT2D eigenvalue weighted by Crippen LogP contribution is 2.39. The van der Waals surface area contributed by atoms with E-state index in [4.69, 9.17) is 14.5 Å². The lowest BCUT2D eigenvalue weighted by molar-refractivity contribution is -0.148. The van der Waals surface area contributed by atoms with Crippen LogP contribution in [0.1, 0.15) is 34.1 Å². The van der Waals surface area contributed by atoms with Crippen molar-refractivity contribution in [3.05, 3.63) is 71.3 Å². The Morgan fingerprint density at radius 1 is 1.07 bits per heavy atom. The number of ether oxygens (including phenoxy) is 2. The van der Waals surface area contributed by atoms with Crippen LogP contribution in [-0.2, 0) is 9.53 Å². The number of methoxy groups -OCH3 is 1. The van der Waals surface area contributed by atoms with Gasteiger partial charge >= 0.3 is 5.97 Å². The molecule has 6 heteroatoms. The molecule has 5 nitrogen and oxygen atoms in total. The zero-order chi connectivity index (χ0) is 20.2. The largest absolute Gasteiger partial charge is 0.496 e. The smallest absolute Gasteiger partial charge is 0.310 e. The number of carbonyl (C=O) groups excluding carboxylic acids is 2. The Bertz CT molecular complexity index is 1040. The maximum atomic E-state index is 12.8. The van der Waals surface area contributed by atoms with Crippen LogP contribution < -0.4 is 4.74 Å². The van der Waals surface area contributed by atoms with E-state index in [0.717, 1.165) is 21.6 Å². The Labute approximate surface area is 173 Å². The van der Waals surface area contributed by atoms with E-state index in [9.17, 15) is 9.59 Å². The maximum Gasteiger partial charge on any atom is 0.310 e. The zero-order valence-electron chi connectivity index (χ0n) is 16.0. The van der Waals surface area contributed by atoms with E-state index in [2.05, 4.69) is 6.08 Å². The fourth-order valence-corrected chi connectivity index (χ4v) is 4.74. The lowest BCUT2D eigenvalue weighted by Crippen LogP contribution is -2.27. The topological polar surface area (TPSA) is 65.5 Å². The second-order valence-electron chi connectivity index (χ2n) is 6.91. The normalized spacial score (nSPS) is 18.5. The molecular formula is C23H21NO4S. The van der Waals surface area contributed by atoms with Gasteiger partial charge in [-0.15, -0.1) is 11.3 Å². The summed E-state index contributed by atoms with van der Waals surface area (Å²) in [6.07, 6.45) is 5.40. The van der Waals surface area contributed by atoms with Crippen LogP contribution in [0, 0.1) is 5.92 Å². The molecule has 0 bridgehead atoms. The number of rotatable bonds is 6. The molecule has 0 aliphatic heterocycles. The van der Waals surface area contributed by atoms with Crippen molar-refractivity contribution in [2.75, 3.05) is 13.7 Å². The molecule has 1 aliphatic carbocycles.